The number of aromatic nitrogens is 3. The summed E-state index contributed by atoms with van der Waals surface area (Å²) in [5.74, 6) is 0.137. The van der Waals surface area contributed by atoms with Crippen LogP contribution in [0.5, 0.6) is 0 Å². The maximum absolute atomic E-state index is 13.0. The fourth-order valence-electron chi connectivity index (χ4n) is 1.72. The molecule has 1 aliphatic heterocycles. The molecular formula is C10H12FN5O. The van der Waals surface area contributed by atoms with Crippen molar-refractivity contribution in [1.82, 2.24) is 19.6 Å². The quantitative estimate of drug-likeness (QED) is 0.825. The standard InChI is InChI=1S/C10H12FN5O/c11-8-1-2-9-12-10(14-16(9)7-8)13-15-3-5-17-6-4-15/h1-2,7H,3-6H2,(H,13,14). The highest BCUT2D eigenvalue weighted by molar-refractivity contribution is 5.42. The summed E-state index contributed by atoms with van der Waals surface area (Å²) >= 11 is 0. The maximum atomic E-state index is 13.0. The van der Waals surface area contributed by atoms with Crippen LogP contribution in [0.4, 0.5) is 10.3 Å². The van der Waals surface area contributed by atoms with E-state index < -0.39 is 0 Å². The van der Waals surface area contributed by atoms with E-state index in [0.717, 1.165) is 13.1 Å². The van der Waals surface area contributed by atoms with Crippen molar-refractivity contribution in [2.75, 3.05) is 31.7 Å². The lowest BCUT2D eigenvalue weighted by Crippen LogP contribution is -2.40. The number of hydrazine groups is 1. The van der Waals surface area contributed by atoms with Gasteiger partial charge in [0.25, 0.3) is 5.95 Å². The number of nitrogens with zero attached hydrogens (tertiary/aromatic N) is 4. The fraction of sp³-hybridized carbons (Fsp3) is 0.400. The Labute approximate surface area is 97.0 Å². The molecule has 1 saturated heterocycles. The summed E-state index contributed by atoms with van der Waals surface area (Å²) in [5, 5.41) is 6.12. The molecule has 3 heterocycles. The molecule has 0 saturated carbocycles. The molecule has 0 unspecified atom stereocenters. The minimum atomic E-state index is -0.333. The molecule has 0 aliphatic carbocycles. The van der Waals surface area contributed by atoms with Crippen LogP contribution in [0.1, 0.15) is 0 Å². The molecule has 90 valence electrons. The zero-order valence-electron chi connectivity index (χ0n) is 9.14. The molecule has 0 spiro atoms. The van der Waals surface area contributed by atoms with E-state index in [1.54, 1.807) is 6.07 Å². The lowest BCUT2D eigenvalue weighted by molar-refractivity contribution is 0.0493. The van der Waals surface area contributed by atoms with Gasteiger partial charge in [0.05, 0.1) is 19.4 Å². The monoisotopic (exact) mass is 237 g/mol. The van der Waals surface area contributed by atoms with Crippen molar-refractivity contribution in [3.05, 3.63) is 24.1 Å². The number of hydrogen-bond acceptors (Lipinski definition) is 5. The first-order valence-electron chi connectivity index (χ1n) is 5.42. The van der Waals surface area contributed by atoms with Crippen molar-refractivity contribution in [1.29, 1.82) is 0 Å². The number of morpholine rings is 1. The number of fused-ring (bicyclic) bond motifs is 1. The van der Waals surface area contributed by atoms with Crippen molar-refractivity contribution >= 4 is 11.6 Å². The average Bonchev–Trinajstić information content (AvgIpc) is 2.71. The Kier molecular flexibility index (Phi) is 2.62. The first-order valence-corrected chi connectivity index (χ1v) is 5.42. The smallest absolute Gasteiger partial charge is 0.257 e. The third-order valence-electron chi connectivity index (χ3n) is 2.56. The molecule has 7 heteroatoms. The van der Waals surface area contributed by atoms with Crippen molar-refractivity contribution in [3.8, 4) is 0 Å². The summed E-state index contributed by atoms with van der Waals surface area (Å²) in [4.78, 5) is 4.24. The Morgan fingerprint density at radius 3 is 2.94 bits per heavy atom. The normalized spacial score (nSPS) is 17.5. The Bertz CT molecular complexity index is 522. The second kappa shape index (κ2) is 4.27. The minimum absolute atomic E-state index is 0.333. The zero-order chi connectivity index (χ0) is 11.7. The molecule has 6 nitrogen and oxygen atoms in total. The van der Waals surface area contributed by atoms with Gasteiger partial charge in [0.2, 0.25) is 0 Å². The van der Waals surface area contributed by atoms with Crippen molar-refractivity contribution in [3.63, 3.8) is 0 Å². The lowest BCUT2D eigenvalue weighted by atomic mass is 10.5. The van der Waals surface area contributed by atoms with E-state index in [-0.39, 0.29) is 5.82 Å². The largest absolute Gasteiger partial charge is 0.379 e. The fourth-order valence-corrected chi connectivity index (χ4v) is 1.72. The zero-order valence-corrected chi connectivity index (χ0v) is 9.14. The van der Waals surface area contributed by atoms with Crippen molar-refractivity contribution < 1.29 is 9.13 Å². The Morgan fingerprint density at radius 2 is 2.12 bits per heavy atom. The van der Waals surface area contributed by atoms with E-state index >= 15 is 0 Å². The van der Waals surface area contributed by atoms with Gasteiger partial charge < -0.3 is 4.74 Å². The van der Waals surface area contributed by atoms with Crippen LogP contribution < -0.4 is 5.43 Å². The van der Waals surface area contributed by atoms with Crippen LogP contribution in [0, 0.1) is 5.82 Å². The highest BCUT2D eigenvalue weighted by Crippen LogP contribution is 2.08. The third kappa shape index (κ3) is 2.20. The number of anilines is 1. The van der Waals surface area contributed by atoms with Gasteiger partial charge in [0.1, 0.15) is 5.82 Å². The predicted octanol–water partition coefficient (Wildman–Crippen LogP) is 0.527. The number of halogens is 1. The molecule has 0 aromatic carbocycles. The summed E-state index contributed by atoms with van der Waals surface area (Å²) < 4.78 is 19.6. The molecule has 0 radical (unpaired) electrons. The summed E-state index contributed by atoms with van der Waals surface area (Å²) in [7, 11) is 0. The van der Waals surface area contributed by atoms with Crippen LogP contribution in [0.15, 0.2) is 18.3 Å². The van der Waals surface area contributed by atoms with E-state index in [9.17, 15) is 4.39 Å². The molecule has 1 N–H and O–H groups in total. The lowest BCUT2D eigenvalue weighted by Gasteiger charge is -2.26. The van der Waals surface area contributed by atoms with Crippen LogP contribution in [-0.4, -0.2) is 45.9 Å². The van der Waals surface area contributed by atoms with Crippen LogP contribution in [-0.2, 0) is 4.74 Å². The number of hydrogen-bond donors (Lipinski definition) is 1. The minimum Gasteiger partial charge on any atom is -0.379 e. The van der Waals surface area contributed by atoms with Crippen molar-refractivity contribution in [2.24, 2.45) is 0 Å². The topological polar surface area (TPSA) is 54.7 Å². The molecule has 0 bridgehead atoms. The molecule has 0 amide bonds. The van der Waals surface area contributed by atoms with Gasteiger partial charge in [-0.05, 0) is 12.1 Å². The third-order valence-corrected chi connectivity index (χ3v) is 2.56. The summed E-state index contributed by atoms with van der Waals surface area (Å²) in [6.07, 6.45) is 1.30. The van der Waals surface area contributed by atoms with Gasteiger partial charge in [-0.25, -0.2) is 13.9 Å². The average molecular weight is 237 g/mol. The maximum Gasteiger partial charge on any atom is 0.257 e. The van der Waals surface area contributed by atoms with E-state index in [4.69, 9.17) is 4.74 Å². The number of pyridine rings is 1. The van der Waals surface area contributed by atoms with E-state index in [0.29, 0.717) is 24.8 Å². The van der Waals surface area contributed by atoms with Crippen LogP contribution in [0.3, 0.4) is 0 Å². The molecule has 1 fully saturated rings. The summed E-state index contributed by atoms with van der Waals surface area (Å²) in [6.45, 7) is 2.94. The molecule has 2 aromatic heterocycles. The van der Waals surface area contributed by atoms with Gasteiger partial charge in [0.15, 0.2) is 5.65 Å². The van der Waals surface area contributed by atoms with E-state index in [1.165, 1.54) is 16.8 Å². The second-order valence-electron chi connectivity index (χ2n) is 3.80. The van der Waals surface area contributed by atoms with Gasteiger partial charge in [-0.1, -0.05) is 0 Å². The Balaban J connectivity index is 1.80. The van der Waals surface area contributed by atoms with E-state index in [2.05, 4.69) is 15.5 Å². The molecule has 0 atom stereocenters. The highest BCUT2D eigenvalue weighted by Gasteiger charge is 2.12. The number of ether oxygens (including phenoxy) is 1. The Hall–Kier alpha value is -1.73. The van der Waals surface area contributed by atoms with Crippen molar-refractivity contribution in [2.45, 2.75) is 0 Å². The first-order chi connectivity index (χ1) is 8.31. The van der Waals surface area contributed by atoms with Gasteiger partial charge >= 0.3 is 0 Å². The van der Waals surface area contributed by atoms with Crippen LogP contribution >= 0.6 is 0 Å². The first kappa shape index (κ1) is 10.4. The van der Waals surface area contributed by atoms with Crippen LogP contribution in [0.2, 0.25) is 0 Å². The number of rotatable bonds is 2. The molecular weight excluding hydrogens is 225 g/mol. The molecule has 1 aliphatic rings. The highest BCUT2D eigenvalue weighted by atomic mass is 19.1. The molecule has 2 aromatic rings. The predicted molar refractivity (Wildman–Crippen MR) is 59.0 cm³/mol. The molecule has 3 rings (SSSR count). The SMILES string of the molecule is Fc1ccc2nc(NN3CCOCC3)nn2c1. The Morgan fingerprint density at radius 1 is 1.29 bits per heavy atom. The van der Waals surface area contributed by atoms with Gasteiger partial charge in [-0.2, -0.15) is 4.98 Å². The van der Waals surface area contributed by atoms with Gasteiger partial charge in [-0.15, -0.1) is 5.10 Å². The van der Waals surface area contributed by atoms with E-state index in [1.807, 2.05) is 5.01 Å². The summed E-state index contributed by atoms with van der Waals surface area (Å²) in [5.41, 5.74) is 3.69. The van der Waals surface area contributed by atoms with Crippen LogP contribution in [0.25, 0.3) is 5.65 Å². The second-order valence-corrected chi connectivity index (χ2v) is 3.80. The van der Waals surface area contributed by atoms with Gasteiger partial charge in [-0.3, -0.25) is 5.43 Å². The number of nitrogens with one attached hydrogen (secondary N) is 1. The summed E-state index contributed by atoms with van der Waals surface area (Å²) in [6, 6.07) is 2.95. The van der Waals surface area contributed by atoms with Gasteiger partial charge in [0, 0.05) is 13.1 Å². The molecule has 17 heavy (non-hydrogen) atoms.